The van der Waals surface area contributed by atoms with Gasteiger partial charge in [0.2, 0.25) is 0 Å². The lowest BCUT2D eigenvalue weighted by Gasteiger charge is -2.31. The Morgan fingerprint density at radius 2 is 2.00 bits per heavy atom. The second-order valence-electron chi connectivity index (χ2n) is 5.78. The number of nitrogens with zero attached hydrogens (tertiary/aromatic N) is 1. The van der Waals surface area contributed by atoms with Crippen molar-refractivity contribution in [2.24, 2.45) is 5.92 Å². The molecule has 17 heavy (non-hydrogen) atoms. The number of nitrogens with two attached hydrogens (primary N) is 1. The first-order chi connectivity index (χ1) is 8.00. The predicted octanol–water partition coefficient (Wildman–Crippen LogP) is -1.66. The topological polar surface area (TPSA) is 41.4 Å². The fourth-order valence-corrected chi connectivity index (χ4v) is 2.24. The van der Waals surface area contributed by atoms with Crippen molar-refractivity contribution in [2.75, 3.05) is 40.3 Å². The van der Waals surface area contributed by atoms with Gasteiger partial charge < -0.3 is 15.1 Å². The number of likely N-dealkylation sites (N-methyl/N-ethyl adjacent to an activating group) is 1. The number of nitrogens with one attached hydrogen (secondary N) is 1. The highest BCUT2D eigenvalue weighted by Crippen LogP contribution is 2.16. The molecule has 1 aliphatic heterocycles. The van der Waals surface area contributed by atoms with Gasteiger partial charge in [0.25, 0.3) is 5.91 Å². The standard InChI is InChI=1S/C13H27N3O/c1-11-5-8-16(9-6-11)13(17)12(2)14-7-10-15(3)4/h11-12,14H,5-10H2,1-4H3/p+2/t12-/m1/s1. The molecule has 1 fully saturated rings. The molecule has 0 aliphatic carbocycles. The fraction of sp³-hybridized carbons (Fsp3) is 0.923. The maximum Gasteiger partial charge on any atom is 0.280 e. The van der Waals surface area contributed by atoms with Crippen LogP contribution in [0.3, 0.4) is 0 Å². The van der Waals surface area contributed by atoms with Crippen molar-refractivity contribution in [3.63, 3.8) is 0 Å². The summed E-state index contributed by atoms with van der Waals surface area (Å²) in [6.07, 6.45) is 2.33. The molecule has 1 heterocycles. The number of quaternary nitrogens is 2. The molecule has 0 saturated carbocycles. The molecule has 100 valence electrons. The van der Waals surface area contributed by atoms with E-state index in [0.29, 0.717) is 5.91 Å². The maximum atomic E-state index is 12.2. The number of piperidine rings is 1. The minimum absolute atomic E-state index is 0.0859. The maximum absolute atomic E-state index is 12.2. The van der Waals surface area contributed by atoms with Crippen LogP contribution in [-0.2, 0) is 4.79 Å². The van der Waals surface area contributed by atoms with E-state index in [1.54, 1.807) is 0 Å². The first-order valence-corrected chi connectivity index (χ1v) is 6.92. The predicted molar refractivity (Wildman–Crippen MR) is 68.9 cm³/mol. The van der Waals surface area contributed by atoms with Crippen molar-refractivity contribution >= 4 is 5.91 Å². The van der Waals surface area contributed by atoms with Gasteiger partial charge in [0.1, 0.15) is 13.1 Å². The second-order valence-corrected chi connectivity index (χ2v) is 5.78. The Bertz CT molecular complexity index is 235. The van der Waals surface area contributed by atoms with E-state index in [1.807, 2.05) is 11.8 Å². The van der Waals surface area contributed by atoms with Gasteiger partial charge in [-0.3, -0.25) is 4.79 Å². The molecule has 0 radical (unpaired) electrons. The zero-order valence-corrected chi connectivity index (χ0v) is 11.8. The smallest absolute Gasteiger partial charge is 0.280 e. The molecule has 0 spiro atoms. The Hall–Kier alpha value is -0.610. The third-order valence-corrected chi connectivity index (χ3v) is 3.65. The average molecular weight is 243 g/mol. The van der Waals surface area contributed by atoms with Gasteiger partial charge in [-0.15, -0.1) is 0 Å². The molecule has 4 nitrogen and oxygen atoms in total. The normalized spacial score (nSPS) is 19.7. The highest BCUT2D eigenvalue weighted by atomic mass is 16.2. The van der Waals surface area contributed by atoms with Crippen LogP contribution in [0.1, 0.15) is 26.7 Å². The van der Waals surface area contributed by atoms with Crippen LogP contribution in [0, 0.1) is 5.92 Å². The van der Waals surface area contributed by atoms with Gasteiger partial charge in [-0.05, 0) is 25.7 Å². The van der Waals surface area contributed by atoms with Crippen molar-refractivity contribution in [3.8, 4) is 0 Å². The highest BCUT2D eigenvalue weighted by Gasteiger charge is 2.26. The summed E-state index contributed by atoms with van der Waals surface area (Å²) < 4.78 is 0. The van der Waals surface area contributed by atoms with Crippen LogP contribution in [0.4, 0.5) is 0 Å². The quantitative estimate of drug-likeness (QED) is 0.596. The largest absolute Gasteiger partial charge is 0.338 e. The van der Waals surface area contributed by atoms with E-state index in [9.17, 15) is 4.79 Å². The number of hydrogen-bond acceptors (Lipinski definition) is 1. The molecule has 1 atom stereocenters. The number of rotatable bonds is 5. The lowest BCUT2D eigenvalue weighted by molar-refractivity contribution is -0.875. The zero-order chi connectivity index (χ0) is 12.8. The third-order valence-electron chi connectivity index (χ3n) is 3.65. The molecule has 0 bridgehead atoms. The third kappa shape index (κ3) is 5.04. The van der Waals surface area contributed by atoms with Crippen molar-refractivity contribution in [1.82, 2.24) is 4.90 Å². The Morgan fingerprint density at radius 3 is 2.53 bits per heavy atom. The number of carbonyl (C=O) groups is 1. The molecule has 0 aromatic carbocycles. The molecule has 0 aromatic heterocycles. The van der Waals surface area contributed by atoms with Crippen LogP contribution in [0.5, 0.6) is 0 Å². The summed E-state index contributed by atoms with van der Waals surface area (Å²) in [5, 5.41) is 2.17. The Morgan fingerprint density at radius 1 is 1.41 bits per heavy atom. The van der Waals surface area contributed by atoms with E-state index in [0.717, 1.165) is 32.1 Å². The number of amides is 1. The molecule has 0 unspecified atom stereocenters. The van der Waals surface area contributed by atoms with Gasteiger partial charge in [-0.1, -0.05) is 6.92 Å². The molecular weight excluding hydrogens is 214 g/mol. The molecule has 1 rings (SSSR count). The number of carbonyl (C=O) groups excluding carboxylic acids is 1. The van der Waals surface area contributed by atoms with Crippen LogP contribution < -0.4 is 10.2 Å². The van der Waals surface area contributed by atoms with Crippen molar-refractivity contribution < 1.29 is 15.0 Å². The van der Waals surface area contributed by atoms with Crippen LogP contribution in [0.25, 0.3) is 0 Å². The summed E-state index contributed by atoms with van der Waals surface area (Å²) in [4.78, 5) is 15.7. The van der Waals surface area contributed by atoms with E-state index in [1.165, 1.54) is 17.7 Å². The lowest BCUT2D eigenvalue weighted by Crippen LogP contribution is -3.10. The van der Waals surface area contributed by atoms with Crippen molar-refractivity contribution in [2.45, 2.75) is 32.7 Å². The van der Waals surface area contributed by atoms with Gasteiger partial charge in [0, 0.05) is 13.1 Å². The molecule has 0 aromatic rings. The van der Waals surface area contributed by atoms with Crippen molar-refractivity contribution in [3.05, 3.63) is 0 Å². The van der Waals surface area contributed by atoms with E-state index in [-0.39, 0.29) is 6.04 Å². The SMILES string of the molecule is CC1CCN(C(=O)[C@@H](C)[NH2+]CC[NH+](C)C)CC1. The first kappa shape index (κ1) is 14.5. The molecular formula is C13H29N3O+2. The summed E-state index contributed by atoms with van der Waals surface area (Å²) in [7, 11) is 4.29. The van der Waals surface area contributed by atoms with Gasteiger partial charge in [0.05, 0.1) is 14.1 Å². The van der Waals surface area contributed by atoms with Crippen LogP contribution >= 0.6 is 0 Å². The van der Waals surface area contributed by atoms with Gasteiger partial charge in [-0.2, -0.15) is 0 Å². The monoisotopic (exact) mass is 243 g/mol. The van der Waals surface area contributed by atoms with E-state index >= 15 is 0 Å². The van der Waals surface area contributed by atoms with E-state index in [2.05, 4.69) is 26.3 Å². The zero-order valence-electron chi connectivity index (χ0n) is 11.8. The highest BCUT2D eigenvalue weighted by molar-refractivity contribution is 5.80. The average Bonchev–Trinajstić information content (AvgIpc) is 2.28. The van der Waals surface area contributed by atoms with Crippen LogP contribution in [-0.4, -0.2) is 57.1 Å². The van der Waals surface area contributed by atoms with Gasteiger partial charge in [0.15, 0.2) is 6.04 Å². The van der Waals surface area contributed by atoms with Gasteiger partial charge in [-0.25, -0.2) is 0 Å². The molecule has 1 aliphatic rings. The minimum atomic E-state index is 0.0859. The summed E-state index contributed by atoms with van der Waals surface area (Å²) in [5.41, 5.74) is 0. The summed E-state index contributed by atoms with van der Waals surface area (Å²) >= 11 is 0. The van der Waals surface area contributed by atoms with Crippen LogP contribution in [0.2, 0.25) is 0 Å². The van der Waals surface area contributed by atoms with Crippen LogP contribution in [0.15, 0.2) is 0 Å². The molecule has 1 amide bonds. The second kappa shape index (κ2) is 6.97. The number of hydrogen-bond donors (Lipinski definition) is 2. The lowest BCUT2D eigenvalue weighted by atomic mass is 9.99. The Kier molecular flexibility index (Phi) is 5.92. The van der Waals surface area contributed by atoms with E-state index < -0.39 is 0 Å². The molecule has 4 heteroatoms. The summed E-state index contributed by atoms with van der Waals surface area (Å²) in [6, 6.07) is 0.0859. The number of likely N-dealkylation sites (tertiary alicyclic amines) is 1. The van der Waals surface area contributed by atoms with Gasteiger partial charge >= 0.3 is 0 Å². The Labute approximate surface area is 105 Å². The molecule has 3 N–H and O–H groups in total. The van der Waals surface area contributed by atoms with Crippen molar-refractivity contribution in [1.29, 1.82) is 0 Å². The van der Waals surface area contributed by atoms with E-state index in [4.69, 9.17) is 0 Å². The first-order valence-electron chi connectivity index (χ1n) is 6.92. The summed E-state index contributed by atoms with van der Waals surface area (Å²) in [6.45, 7) is 8.35. The fourth-order valence-electron chi connectivity index (χ4n) is 2.24. The minimum Gasteiger partial charge on any atom is -0.338 e. The summed E-state index contributed by atoms with van der Waals surface area (Å²) in [5.74, 6) is 1.11. The Balaban J connectivity index is 2.26. The molecule has 1 saturated heterocycles.